The highest BCUT2D eigenvalue weighted by Gasteiger charge is 2.40. The molecular formula is C18H27NO2S. The molecule has 0 aromatic heterocycles. The highest BCUT2D eigenvalue weighted by atomic mass is 32.2. The zero-order chi connectivity index (χ0) is 16.3. The van der Waals surface area contributed by atoms with E-state index >= 15 is 0 Å². The minimum absolute atomic E-state index is 0.0558. The van der Waals surface area contributed by atoms with E-state index in [1.165, 1.54) is 5.57 Å². The molecule has 1 saturated heterocycles. The third-order valence-electron chi connectivity index (χ3n) is 4.03. The minimum Gasteiger partial charge on any atom is -0.396 e. The fourth-order valence-corrected chi connectivity index (χ4v) is 4.47. The van der Waals surface area contributed by atoms with Gasteiger partial charge in [0.05, 0.1) is 4.75 Å². The molecule has 1 unspecified atom stereocenters. The predicted octanol–water partition coefficient (Wildman–Crippen LogP) is 3.23. The molecular weight excluding hydrogens is 294 g/mol. The van der Waals surface area contributed by atoms with Gasteiger partial charge in [0.1, 0.15) is 11.0 Å². The summed E-state index contributed by atoms with van der Waals surface area (Å²) in [5.74, 6) is 0.350. The normalized spacial score (nSPS) is 26.5. The van der Waals surface area contributed by atoms with E-state index in [2.05, 4.69) is 29.4 Å². The van der Waals surface area contributed by atoms with Crippen LogP contribution in [0.4, 0.5) is 0 Å². The number of rotatable bonds is 4. The predicted molar refractivity (Wildman–Crippen MR) is 93.7 cm³/mol. The molecule has 4 heteroatoms. The number of benzene rings is 1. The highest BCUT2D eigenvalue weighted by molar-refractivity contribution is 7.84. The fourth-order valence-electron chi connectivity index (χ4n) is 2.95. The van der Waals surface area contributed by atoms with Crippen LogP contribution in [0.1, 0.15) is 39.7 Å². The van der Waals surface area contributed by atoms with Crippen molar-refractivity contribution in [3.05, 3.63) is 41.5 Å². The van der Waals surface area contributed by atoms with Crippen molar-refractivity contribution in [3.63, 3.8) is 0 Å². The molecule has 1 heterocycles. The van der Waals surface area contributed by atoms with Crippen LogP contribution >= 0.6 is 0 Å². The number of aliphatic hydroxyl groups is 1. The van der Waals surface area contributed by atoms with E-state index in [-0.39, 0.29) is 17.4 Å². The van der Waals surface area contributed by atoms with Gasteiger partial charge in [0.25, 0.3) is 0 Å². The molecule has 1 aromatic rings. The van der Waals surface area contributed by atoms with Crippen molar-refractivity contribution in [3.8, 4) is 0 Å². The van der Waals surface area contributed by atoms with Crippen molar-refractivity contribution < 1.29 is 9.32 Å². The monoisotopic (exact) mass is 321 g/mol. The van der Waals surface area contributed by atoms with Crippen LogP contribution in [-0.2, 0) is 11.0 Å². The largest absolute Gasteiger partial charge is 0.396 e. The highest BCUT2D eigenvalue weighted by Crippen LogP contribution is 2.36. The Morgan fingerprint density at radius 2 is 1.95 bits per heavy atom. The molecule has 122 valence electrons. The van der Waals surface area contributed by atoms with E-state index in [4.69, 9.17) is 0 Å². The molecule has 3 atom stereocenters. The molecule has 22 heavy (non-hydrogen) atoms. The molecule has 1 aromatic carbocycles. The lowest BCUT2D eigenvalue weighted by Crippen LogP contribution is -2.41. The van der Waals surface area contributed by atoms with Gasteiger partial charge in [0.2, 0.25) is 0 Å². The standard InChI is InChI=1S/C18H27NO2S/c1-14-13-19(22(21)18(2,3)4)17(10-11-20)16(14)12-15-8-6-5-7-9-15/h5-9,12,14,17,20H,10-11,13H2,1-4H3/b16-12-/t14-,17+,22?/m0/s1. The second kappa shape index (κ2) is 7.07. The zero-order valence-corrected chi connectivity index (χ0v) is 14.8. The Kier molecular flexibility index (Phi) is 5.59. The van der Waals surface area contributed by atoms with Gasteiger partial charge < -0.3 is 5.11 Å². The molecule has 1 aliphatic rings. The van der Waals surface area contributed by atoms with Crippen LogP contribution in [-0.4, -0.2) is 37.6 Å². The average Bonchev–Trinajstić information content (AvgIpc) is 2.76. The van der Waals surface area contributed by atoms with Gasteiger partial charge in [-0.2, -0.15) is 0 Å². The van der Waals surface area contributed by atoms with Crippen LogP contribution in [0.15, 0.2) is 35.9 Å². The lowest BCUT2D eigenvalue weighted by molar-refractivity contribution is 0.258. The van der Waals surface area contributed by atoms with Crippen LogP contribution in [0.25, 0.3) is 6.08 Å². The molecule has 0 radical (unpaired) electrons. The van der Waals surface area contributed by atoms with Gasteiger partial charge in [-0.05, 0) is 44.2 Å². The molecule has 2 rings (SSSR count). The van der Waals surface area contributed by atoms with Crippen molar-refractivity contribution in [2.24, 2.45) is 5.92 Å². The number of aliphatic hydroxyl groups excluding tert-OH is 1. The summed E-state index contributed by atoms with van der Waals surface area (Å²) < 4.78 is 14.6. The van der Waals surface area contributed by atoms with Crippen LogP contribution < -0.4 is 0 Å². The van der Waals surface area contributed by atoms with Crippen LogP contribution in [0.2, 0.25) is 0 Å². The first kappa shape index (κ1) is 17.4. The van der Waals surface area contributed by atoms with Gasteiger partial charge in [-0.1, -0.05) is 43.3 Å². The van der Waals surface area contributed by atoms with E-state index in [1.807, 2.05) is 39.0 Å². The first-order chi connectivity index (χ1) is 10.3. The van der Waals surface area contributed by atoms with E-state index in [0.29, 0.717) is 12.3 Å². The first-order valence-electron chi connectivity index (χ1n) is 7.90. The van der Waals surface area contributed by atoms with Crippen LogP contribution in [0.3, 0.4) is 0 Å². The van der Waals surface area contributed by atoms with Gasteiger partial charge in [0.15, 0.2) is 0 Å². The third-order valence-corrected chi connectivity index (χ3v) is 5.90. The summed E-state index contributed by atoms with van der Waals surface area (Å²) in [5.41, 5.74) is 2.44. The Labute approximate surface area is 136 Å². The van der Waals surface area contributed by atoms with Crippen molar-refractivity contribution >= 4 is 17.1 Å². The van der Waals surface area contributed by atoms with Gasteiger partial charge in [-0.15, -0.1) is 0 Å². The molecule has 1 N–H and O–H groups in total. The smallest absolute Gasteiger partial charge is 0.100 e. The SMILES string of the molecule is C[C@H]1CN(S(=O)C(C)(C)C)[C@H](CCO)/C1=C\c1ccccc1. The molecule has 0 amide bonds. The van der Waals surface area contributed by atoms with Crippen LogP contribution in [0.5, 0.6) is 0 Å². The Balaban J connectivity index is 2.34. The summed E-state index contributed by atoms with van der Waals surface area (Å²) in [4.78, 5) is 0. The molecule has 1 aliphatic heterocycles. The first-order valence-corrected chi connectivity index (χ1v) is 9.01. The van der Waals surface area contributed by atoms with Crippen molar-refractivity contribution in [1.82, 2.24) is 4.31 Å². The average molecular weight is 321 g/mol. The lowest BCUT2D eigenvalue weighted by atomic mass is 9.95. The van der Waals surface area contributed by atoms with Gasteiger partial charge >= 0.3 is 0 Å². The summed E-state index contributed by atoms with van der Waals surface area (Å²) >= 11 is 0. The summed E-state index contributed by atoms with van der Waals surface area (Å²) in [7, 11) is -1.06. The Hall–Kier alpha value is -0.970. The van der Waals surface area contributed by atoms with Crippen molar-refractivity contribution in [1.29, 1.82) is 0 Å². The quantitative estimate of drug-likeness (QED) is 0.925. The molecule has 0 spiro atoms. The van der Waals surface area contributed by atoms with Gasteiger partial charge in [0, 0.05) is 19.2 Å². The van der Waals surface area contributed by atoms with Crippen LogP contribution in [0, 0.1) is 5.92 Å². The Bertz CT molecular complexity index is 548. The zero-order valence-electron chi connectivity index (χ0n) is 14.0. The molecule has 0 bridgehead atoms. The van der Waals surface area contributed by atoms with Gasteiger partial charge in [-0.25, -0.2) is 8.51 Å². The van der Waals surface area contributed by atoms with E-state index in [1.54, 1.807) is 0 Å². The maximum atomic E-state index is 12.8. The summed E-state index contributed by atoms with van der Waals surface area (Å²) in [6.07, 6.45) is 2.83. The second-order valence-electron chi connectivity index (χ2n) is 6.95. The lowest BCUT2D eigenvalue weighted by Gasteiger charge is -2.30. The van der Waals surface area contributed by atoms with Gasteiger partial charge in [-0.3, -0.25) is 0 Å². The summed E-state index contributed by atoms with van der Waals surface area (Å²) in [6, 6.07) is 10.3. The molecule has 1 fully saturated rings. The summed E-state index contributed by atoms with van der Waals surface area (Å²) in [6.45, 7) is 9.08. The fraction of sp³-hybridized carbons (Fsp3) is 0.556. The number of hydrogen-bond acceptors (Lipinski definition) is 2. The Morgan fingerprint density at radius 3 is 2.50 bits per heavy atom. The topological polar surface area (TPSA) is 40.5 Å². The third kappa shape index (κ3) is 3.86. The molecule has 0 saturated carbocycles. The Morgan fingerprint density at radius 1 is 1.32 bits per heavy atom. The van der Waals surface area contributed by atoms with Crippen molar-refractivity contribution in [2.45, 2.75) is 44.9 Å². The maximum absolute atomic E-state index is 12.8. The van der Waals surface area contributed by atoms with Crippen molar-refractivity contribution in [2.75, 3.05) is 13.2 Å². The number of nitrogens with zero attached hydrogens (tertiary/aromatic N) is 1. The summed E-state index contributed by atoms with van der Waals surface area (Å²) in [5, 5.41) is 9.45. The van der Waals surface area contributed by atoms with E-state index < -0.39 is 11.0 Å². The second-order valence-corrected chi connectivity index (χ2v) is 9.14. The maximum Gasteiger partial charge on any atom is 0.100 e. The van der Waals surface area contributed by atoms with E-state index in [0.717, 1.165) is 12.1 Å². The minimum atomic E-state index is -1.06. The molecule has 0 aliphatic carbocycles. The number of hydrogen-bond donors (Lipinski definition) is 1. The van der Waals surface area contributed by atoms with E-state index in [9.17, 15) is 9.32 Å². The molecule has 3 nitrogen and oxygen atoms in total.